The molecule has 0 unspecified atom stereocenters. The van der Waals surface area contributed by atoms with Gasteiger partial charge in [-0.15, -0.1) is 0 Å². The molecular weight excluding hydrogens is 374 g/mol. The zero-order valence-electron chi connectivity index (χ0n) is 15.6. The van der Waals surface area contributed by atoms with Gasteiger partial charge in [0.2, 0.25) is 10.0 Å². The number of hydrogen-bond donors (Lipinski definition) is 2. The topological polar surface area (TPSA) is 116 Å². The van der Waals surface area contributed by atoms with E-state index in [1.54, 1.807) is 6.92 Å². The van der Waals surface area contributed by atoms with Crippen LogP contribution in [0.4, 0.5) is 10.5 Å². The van der Waals surface area contributed by atoms with Crippen molar-refractivity contribution in [3.63, 3.8) is 0 Å². The Bertz CT molecular complexity index is 801. The molecular formula is C17H25N3O6S. The highest BCUT2D eigenvalue weighted by Gasteiger charge is 2.28. The van der Waals surface area contributed by atoms with Crippen LogP contribution in [0.3, 0.4) is 0 Å². The number of aliphatic carboxylic acids is 1. The van der Waals surface area contributed by atoms with Gasteiger partial charge in [0.25, 0.3) is 0 Å². The van der Waals surface area contributed by atoms with E-state index in [0.29, 0.717) is 38.3 Å². The molecule has 0 aromatic heterocycles. The monoisotopic (exact) mass is 399 g/mol. The van der Waals surface area contributed by atoms with Gasteiger partial charge in [-0.1, -0.05) is 0 Å². The number of carboxylic acids is 1. The standard InChI is InChI=1S/C17H25N3O6S/c1-4-26-15-6-5-13(27(24,25)19(2)3)11-14(15)18-17(23)20-9-7-12(8-10-20)16(21)22/h5-6,11-12H,4,7-10H2,1-3H3,(H,18,23)(H,21,22). The number of carbonyl (C=O) groups excluding carboxylic acids is 1. The minimum atomic E-state index is -3.66. The van der Waals surface area contributed by atoms with Gasteiger partial charge in [-0.25, -0.2) is 17.5 Å². The van der Waals surface area contributed by atoms with Crippen LogP contribution in [0, 0.1) is 5.92 Å². The minimum absolute atomic E-state index is 0.0378. The molecule has 1 fully saturated rings. The molecule has 2 N–H and O–H groups in total. The molecule has 1 aromatic carbocycles. The van der Waals surface area contributed by atoms with E-state index in [-0.39, 0.29) is 10.6 Å². The molecule has 2 rings (SSSR count). The molecule has 2 amide bonds. The van der Waals surface area contributed by atoms with Gasteiger partial charge in [-0.3, -0.25) is 4.79 Å². The normalized spacial score (nSPS) is 15.6. The lowest BCUT2D eigenvalue weighted by Gasteiger charge is -2.30. The fourth-order valence-electron chi connectivity index (χ4n) is 2.78. The maximum atomic E-state index is 12.5. The van der Waals surface area contributed by atoms with Gasteiger partial charge in [-0.05, 0) is 38.0 Å². The van der Waals surface area contributed by atoms with Crippen molar-refractivity contribution in [2.24, 2.45) is 5.92 Å². The summed E-state index contributed by atoms with van der Waals surface area (Å²) in [7, 11) is -0.807. The van der Waals surface area contributed by atoms with Gasteiger partial charge in [-0.2, -0.15) is 0 Å². The zero-order chi connectivity index (χ0) is 20.2. The van der Waals surface area contributed by atoms with Gasteiger partial charge in [0, 0.05) is 27.2 Å². The van der Waals surface area contributed by atoms with Crippen LogP contribution >= 0.6 is 0 Å². The number of sulfonamides is 1. The molecule has 9 nitrogen and oxygen atoms in total. The number of anilines is 1. The second-order valence-electron chi connectivity index (χ2n) is 6.41. The van der Waals surface area contributed by atoms with Crippen LogP contribution in [0.1, 0.15) is 19.8 Å². The molecule has 1 aromatic rings. The number of ether oxygens (including phenoxy) is 1. The second-order valence-corrected chi connectivity index (χ2v) is 8.56. The zero-order valence-corrected chi connectivity index (χ0v) is 16.5. The summed E-state index contributed by atoms with van der Waals surface area (Å²) in [6.07, 6.45) is 0.770. The number of carbonyl (C=O) groups is 2. The molecule has 0 radical (unpaired) electrons. The predicted molar refractivity (Wildman–Crippen MR) is 99.4 cm³/mol. The van der Waals surface area contributed by atoms with E-state index in [1.165, 1.54) is 37.2 Å². The van der Waals surface area contributed by atoms with Gasteiger partial charge in [0.1, 0.15) is 5.75 Å². The predicted octanol–water partition coefficient (Wildman–Crippen LogP) is 1.66. The summed E-state index contributed by atoms with van der Waals surface area (Å²) in [6.45, 7) is 2.78. The number of amides is 2. The molecule has 1 aliphatic rings. The van der Waals surface area contributed by atoms with Crippen molar-refractivity contribution in [2.75, 3.05) is 39.1 Å². The molecule has 27 heavy (non-hydrogen) atoms. The van der Waals surface area contributed by atoms with Crippen molar-refractivity contribution >= 4 is 27.7 Å². The number of hydrogen-bond acceptors (Lipinski definition) is 5. The number of piperidine rings is 1. The van der Waals surface area contributed by atoms with Crippen LogP contribution in [0.2, 0.25) is 0 Å². The lowest BCUT2D eigenvalue weighted by Crippen LogP contribution is -2.42. The third kappa shape index (κ3) is 4.89. The van der Waals surface area contributed by atoms with Crippen LogP contribution < -0.4 is 10.1 Å². The molecule has 0 spiro atoms. The van der Waals surface area contributed by atoms with Crippen molar-refractivity contribution in [1.82, 2.24) is 9.21 Å². The van der Waals surface area contributed by atoms with E-state index >= 15 is 0 Å². The van der Waals surface area contributed by atoms with Crippen LogP contribution in [-0.4, -0.2) is 68.5 Å². The Kier molecular flexibility index (Phi) is 6.66. The highest BCUT2D eigenvalue weighted by molar-refractivity contribution is 7.89. The summed E-state index contributed by atoms with van der Waals surface area (Å²) in [5.41, 5.74) is 0.255. The molecule has 1 saturated heterocycles. The van der Waals surface area contributed by atoms with E-state index in [2.05, 4.69) is 5.32 Å². The number of rotatable bonds is 6. The Hall–Kier alpha value is -2.33. The fraction of sp³-hybridized carbons (Fsp3) is 0.529. The quantitative estimate of drug-likeness (QED) is 0.752. The SMILES string of the molecule is CCOc1ccc(S(=O)(=O)N(C)C)cc1NC(=O)N1CCC(C(=O)O)CC1. The van der Waals surface area contributed by atoms with E-state index in [4.69, 9.17) is 9.84 Å². The summed E-state index contributed by atoms with van der Waals surface area (Å²) in [6, 6.07) is 3.88. The summed E-state index contributed by atoms with van der Waals surface area (Å²) in [4.78, 5) is 25.1. The van der Waals surface area contributed by atoms with E-state index in [0.717, 1.165) is 4.31 Å². The highest BCUT2D eigenvalue weighted by atomic mass is 32.2. The number of carboxylic acid groups (broad SMARTS) is 1. The smallest absolute Gasteiger partial charge is 0.321 e. The van der Waals surface area contributed by atoms with Crippen molar-refractivity contribution in [2.45, 2.75) is 24.7 Å². The van der Waals surface area contributed by atoms with Crippen LogP contribution in [0.5, 0.6) is 5.75 Å². The molecule has 1 heterocycles. The molecule has 150 valence electrons. The maximum Gasteiger partial charge on any atom is 0.321 e. The minimum Gasteiger partial charge on any atom is -0.492 e. The molecule has 0 saturated carbocycles. The fourth-order valence-corrected chi connectivity index (χ4v) is 3.71. The third-order valence-corrected chi connectivity index (χ3v) is 6.21. The third-order valence-electron chi connectivity index (χ3n) is 4.40. The first kappa shape index (κ1) is 21.0. The highest BCUT2D eigenvalue weighted by Crippen LogP contribution is 2.29. The van der Waals surface area contributed by atoms with Crippen molar-refractivity contribution in [1.29, 1.82) is 0 Å². The van der Waals surface area contributed by atoms with Gasteiger partial charge >= 0.3 is 12.0 Å². The maximum absolute atomic E-state index is 12.5. The van der Waals surface area contributed by atoms with Gasteiger partial charge < -0.3 is 20.1 Å². The summed E-state index contributed by atoms with van der Waals surface area (Å²) in [5.74, 6) is -0.930. The second kappa shape index (κ2) is 8.57. The Morgan fingerprint density at radius 1 is 1.30 bits per heavy atom. The number of nitrogens with one attached hydrogen (secondary N) is 1. The number of likely N-dealkylation sites (tertiary alicyclic amines) is 1. The van der Waals surface area contributed by atoms with Crippen molar-refractivity contribution < 1.29 is 27.9 Å². The first-order valence-electron chi connectivity index (χ1n) is 8.65. The summed E-state index contributed by atoms with van der Waals surface area (Å²) >= 11 is 0. The van der Waals surface area contributed by atoms with Crippen LogP contribution in [-0.2, 0) is 14.8 Å². The number of urea groups is 1. The number of benzene rings is 1. The molecule has 0 aliphatic carbocycles. The van der Waals surface area contributed by atoms with Crippen molar-refractivity contribution in [3.05, 3.63) is 18.2 Å². The molecule has 0 atom stereocenters. The van der Waals surface area contributed by atoms with Gasteiger partial charge in [0.15, 0.2) is 0 Å². The Balaban J connectivity index is 2.20. The van der Waals surface area contributed by atoms with E-state index < -0.39 is 27.9 Å². The van der Waals surface area contributed by atoms with Crippen LogP contribution in [0.15, 0.2) is 23.1 Å². The molecule has 10 heteroatoms. The first-order chi connectivity index (χ1) is 12.7. The lowest BCUT2D eigenvalue weighted by molar-refractivity contribution is -0.143. The Morgan fingerprint density at radius 3 is 2.44 bits per heavy atom. The Labute approximate surface area is 159 Å². The largest absolute Gasteiger partial charge is 0.492 e. The summed E-state index contributed by atoms with van der Waals surface area (Å²) in [5, 5.41) is 11.7. The van der Waals surface area contributed by atoms with E-state index in [9.17, 15) is 18.0 Å². The van der Waals surface area contributed by atoms with E-state index in [1.807, 2.05) is 0 Å². The first-order valence-corrected chi connectivity index (χ1v) is 10.1. The average Bonchev–Trinajstić information content (AvgIpc) is 2.63. The van der Waals surface area contributed by atoms with Crippen molar-refractivity contribution in [3.8, 4) is 5.75 Å². The lowest BCUT2D eigenvalue weighted by atomic mass is 9.97. The average molecular weight is 399 g/mol. The van der Waals surface area contributed by atoms with Crippen LogP contribution in [0.25, 0.3) is 0 Å². The van der Waals surface area contributed by atoms with Gasteiger partial charge in [0.05, 0.1) is 23.1 Å². The summed E-state index contributed by atoms with van der Waals surface area (Å²) < 4.78 is 31.3. The Morgan fingerprint density at radius 2 is 1.93 bits per heavy atom. The number of nitrogens with zero attached hydrogens (tertiary/aromatic N) is 2. The molecule has 1 aliphatic heterocycles. The molecule has 0 bridgehead atoms.